The molecule has 2 aliphatic rings. The van der Waals surface area contributed by atoms with Gasteiger partial charge in [-0.05, 0) is 102 Å². The van der Waals surface area contributed by atoms with E-state index in [4.69, 9.17) is 44.9 Å². The minimum atomic E-state index is -0.798. The van der Waals surface area contributed by atoms with Gasteiger partial charge in [0.2, 0.25) is 0 Å². The average Bonchev–Trinajstić information content (AvgIpc) is 1.54. The zero-order valence-corrected chi connectivity index (χ0v) is 56.2. The minimum Gasteiger partial charge on any atom is -0.208 e. The molecule has 0 atom stereocenters. The van der Waals surface area contributed by atoms with Crippen LogP contribution in [-0.4, -0.2) is 44.9 Å². The summed E-state index contributed by atoms with van der Waals surface area (Å²) in [5, 5.41) is 0. The Hall–Kier alpha value is -13.9. The molecule has 0 N–H and O–H groups in total. The van der Waals surface area contributed by atoms with Gasteiger partial charge >= 0.3 is 0 Å². The fourth-order valence-corrected chi connectivity index (χ4v) is 15.7. The topological polar surface area (TPSA) is 116 Å². The summed E-state index contributed by atoms with van der Waals surface area (Å²) in [5.74, 6) is 5.18. The van der Waals surface area contributed by atoms with Gasteiger partial charge in [-0.2, -0.15) is 0 Å². The first-order chi connectivity index (χ1) is 51.5. The maximum atomic E-state index is 5.39. The molecule has 0 unspecified atom stereocenters. The Morgan fingerprint density at radius 3 is 0.654 bits per heavy atom. The molecule has 3 heterocycles. The molecule has 0 bridgehead atoms. The first kappa shape index (κ1) is 61.2. The van der Waals surface area contributed by atoms with Crippen molar-refractivity contribution in [3.8, 4) is 136 Å². The van der Waals surface area contributed by atoms with E-state index in [-0.39, 0.29) is 0 Å². The van der Waals surface area contributed by atoms with Crippen molar-refractivity contribution in [1.29, 1.82) is 0 Å². The maximum absolute atomic E-state index is 5.39. The maximum Gasteiger partial charge on any atom is 0.164 e. The molecule has 0 spiro atoms. The molecule has 3 aromatic heterocycles. The van der Waals surface area contributed by atoms with Crippen molar-refractivity contribution >= 4 is 0 Å². The number of hydrogen-bond donors (Lipinski definition) is 0. The third kappa shape index (κ3) is 10.5. The SMILES string of the molecule is c1ccc(-c2nc(-c3cccc(-c4ccc(-c5nc(-c6ccccc6)nc(-c6cccc(C7(c8cccc(-c9nc(-c%10ccccc%10)nc(-c%10ccccc%10)n9)c8)c8ccccc8-c8ccccc87)c6)n5)cc4)c3)nc(-c3cccc(C4(c5ccccc5)c5ccccc5-c5ccccc54)c3)n2)cc1. The molecule has 9 nitrogen and oxygen atoms in total. The molecule has 14 aromatic carbocycles. The predicted molar refractivity (Wildman–Crippen MR) is 416 cm³/mol. The Labute approximate surface area is 602 Å². The third-order valence-corrected chi connectivity index (χ3v) is 20.4. The zero-order valence-electron chi connectivity index (χ0n) is 56.2. The summed E-state index contributed by atoms with van der Waals surface area (Å²) in [5.41, 5.74) is 22.6. The van der Waals surface area contributed by atoms with Crippen molar-refractivity contribution in [3.05, 3.63) is 415 Å². The standard InChI is InChI=1S/C95H61N9/c1-6-28-63(29-7-1)85-96-86(64-30-8-2-9-31-64)100-91(99-85)71-39-26-44-75(60-71)95(83-52-22-18-48-79(83)80-49-19-23-53-84(80)95)76-45-27-40-72(61-76)92-101-87(65-32-10-3-11-33-65)97-89(103-92)67-56-54-62(55-57-67)68-36-24-37-69(58-68)90-98-88(66-34-12-4-13-35-66)102-93(104-90)70-38-25-43-74(59-70)94(73-41-14-5-15-42-73)81-50-20-16-46-77(81)78-47-17-21-51-82(78)94/h1-61H. The molecule has 0 aliphatic heterocycles. The van der Waals surface area contributed by atoms with Crippen LogP contribution >= 0.6 is 0 Å². The van der Waals surface area contributed by atoms with E-state index in [1.165, 1.54) is 50.1 Å². The number of benzene rings is 14. The van der Waals surface area contributed by atoms with Crippen molar-refractivity contribution < 1.29 is 0 Å². The molecule has 104 heavy (non-hydrogen) atoms. The fraction of sp³-hybridized carbons (Fsp3) is 0.0211. The first-order valence-corrected chi connectivity index (χ1v) is 35.0. The second kappa shape index (κ2) is 25.7. The lowest BCUT2D eigenvalue weighted by molar-refractivity contribution is 0.768. The van der Waals surface area contributed by atoms with Gasteiger partial charge in [0.05, 0.1) is 10.8 Å². The van der Waals surface area contributed by atoms with Crippen LogP contribution in [0.5, 0.6) is 0 Å². The quantitative estimate of drug-likeness (QED) is 0.105. The molecule has 0 saturated carbocycles. The zero-order chi connectivity index (χ0) is 69.0. The monoisotopic (exact) mass is 1330 g/mol. The van der Waals surface area contributed by atoms with Crippen molar-refractivity contribution in [2.75, 3.05) is 0 Å². The molecule has 17 aromatic rings. The molecule has 0 radical (unpaired) electrons. The van der Waals surface area contributed by atoms with E-state index in [1.807, 2.05) is 109 Å². The molecular formula is C95H61N9. The number of aromatic nitrogens is 9. The van der Waals surface area contributed by atoms with Crippen LogP contribution in [0.25, 0.3) is 136 Å². The van der Waals surface area contributed by atoms with Crippen LogP contribution in [-0.2, 0) is 10.8 Å². The highest BCUT2D eigenvalue weighted by atomic mass is 15.1. The number of rotatable bonds is 14. The Kier molecular flexibility index (Phi) is 15.1. The van der Waals surface area contributed by atoms with Gasteiger partial charge in [0.15, 0.2) is 52.4 Å². The summed E-state index contributed by atoms with van der Waals surface area (Å²) < 4.78 is 0. The average molecular weight is 1330 g/mol. The van der Waals surface area contributed by atoms with Crippen LogP contribution in [0.15, 0.2) is 370 Å². The number of nitrogens with zero attached hydrogens (tertiary/aromatic N) is 9. The summed E-state index contributed by atoms with van der Waals surface area (Å²) in [6.07, 6.45) is 0. The lowest BCUT2D eigenvalue weighted by Crippen LogP contribution is -2.28. The van der Waals surface area contributed by atoms with Crippen LogP contribution in [0.4, 0.5) is 0 Å². The normalized spacial score (nSPS) is 12.8. The molecule has 9 heteroatoms. The number of fused-ring (bicyclic) bond motifs is 6. The van der Waals surface area contributed by atoms with Gasteiger partial charge in [0.1, 0.15) is 0 Å². The smallest absolute Gasteiger partial charge is 0.164 e. The van der Waals surface area contributed by atoms with E-state index in [2.05, 4.69) is 261 Å². The molecule has 486 valence electrons. The van der Waals surface area contributed by atoms with E-state index >= 15 is 0 Å². The summed E-state index contributed by atoms with van der Waals surface area (Å²) in [6.45, 7) is 0. The van der Waals surface area contributed by atoms with Crippen LogP contribution in [0.3, 0.4) is 0 Å². The highest BCUT2D eigenvalue weighted by Gasteiger charge is 2.48. The lowest BCUT2D eigenvalue weighted by atomic mass is 9.67. The van der Waals surface area contributed by atoms with Crippen molar-refractivity contribution in [2.24, 2.45) is 0 Å². The number of hydrogen-bond acceptors (Lipinski definition) is 9. The van der Waals surface area contributed by atoms with Crippen LogP contribution < -0.4 is 0 Å². The van der Waals surface area contributed by atoms with Gasteiger partial charge in [-0.25, -0.2) is 44.9 Å². The largest absolute Gasteiger partial charge is 0.208 e. The van der Waals surface area contributed by atoms with Gasteiger partial charge in [0.25, 0.3) is 0 Å². The lowest BCUT2D eigenvalue weighted by Gasteiger charge is -2.34. The second-order valence-corrected chi connectivity index (χ2v) is 26.3. The van der Waals surface area contributed by atoms with E-state index in [9.17, 15) is 0 Å². The van der Waals surface area contributed by atoms with E-state index in [0.29, 0.717) is 52.4 Å². The summed E-state index contributed by atoms with van der Waals surface area (Å²) in [4.78, 5) is 47.3. The van der Waals surface area contributed by atoms with E-state index in [0.717, 1.165) is 77.9 Å². The van der Waals surface area contributed by atoms with Crippen LogP contribution in [0, 0.1) is 0 Å². The minimum absolute atomic E-state index is 0.547. The molecule has 0 fully saturated rings. The summed E-state index contributed by atoms with van der Waals surface area (Å²) in [6, 6.07) is 130. The second-order valence-electron chi connectivity index (χ2n) is 26.3. The predicted octanol–water partition coefficient (Wildman–Crippen LogP) is 21.6. The Morgan fingerprint density at radius 1 is 0.135 bits per heavy atom. The van der Waals surface area contributed by atoms with Crippen molar-refractivity contribution in [2.45, 2.75) is 10.8 Å². The van der Waals surface area contributed by atoms with Gasteiger partial charge in [-0.3, -0.25) is 0 Å². The summed E-state index contributed by atoms with van der Waals surface area (Å²) in [7, 11) is 0. The van der Waals surface area contributed by atoms with Gasteiger partial charge in [0, 0.05) is 50.1 Å². The molecular weight excluding hydrogens is 1270 g/mol. The van der Waals surface area contributed by atoms with Crippen LogP contribution in [0.1, 0.15) is 44.5 Å². The van der Waals surface area contributed by atoms with Gasteiger partial charge in [-0.15, -0.1) is 0 Å². The Morgan fingerprint density at radius 2 is 0.337 bits per heavy atom. The molecule has 0 saturated heterocycles. The van der Waals surface area contributed by atoms with Crippen molar-refractivity contribution in [1.82, 2.24) is 44.9 Å². The highest BCUT2D eigenvalue weighted by Crippen LogP contribution is 2.58. The van der Waals surface area contributed by atoms with Gasteiger partial charge in [-0.1, -0.05) is 346 Å². The molecule has 19 rings (SSSR count). The van der Waals surface area contributed by atoms with E-state index in [1.54, 1.807) is 0 Å². The Bertz CT molecular complexity index is 5960. The Balaban J connectivity index is 0.695. The highest BCUT2D eigenvalue weighted by molar-refractivity contribution is 5.89. The molecule has 0 amide bonds. The van der Waals surface area contributed by atoms with Crippen molar-refractivity contribution in [3.63, 3.8) is 0 Å². The first-order valence-electron chi connectivity index (χ1n) is 35.0. The molecule has 2 aliphatic carbocycles. The fourth-order valence-electron chi connectivity index (χ4n) is 15.7. The van der Waals surface area contributed by atoms with E-state index < -0.39 is 10.8 Å². The van der Waals surface area contributed by atoms with Gasteiger partial charge < -0.3 is 0 Å². The third-order valence-electron chi connectivity index (χ3n) is 20.4. The summed E-state index contributed by atoms with van der Waals surface area (Å²) >= 11 is 0. The van der Waals surface area contributed by atoms with Crippen LogP contribution in [0.2, 0.25) is 0 Å².